The first-order valence-electron chi connectivity index (χ1n) is 9.99. The second kappa shape index (κ2) is 9.09. The Morgan fingerprint density at radius 1 is 1.16 bits per heavy atom. The van der Waals surface area contributed by atoms with Gasteiger partial charge in [-0.25, -0.2) is 22.5 Å². The molecular formula is C22H26ClN3O5S. The summed E-state index contributed by atoms with van der Waals surface area (Å²) < 4.78 is 39.2. The predicted octanol–water partition coefficient (Wildman–Crippen LogP) is 3.86. The number of halogens is 1. The Kier molecular flexibility index (Phi) is 6.83. The summed E-state index contributed by atoms with van der Waals surface area (Å²) in [6, 6.07) is 11.5. The molecule has 0 unspecified atom stereocenters. The van der Waals surface area contributed by atoms with Crippen LogP contribution in [0.15, 0.2) is 47.4 Å². The second-order valence-corrected chi connectivity index (χ2v) is 10.4. The molecule has 0 bridgehead atoms. The van der Waals surface area contributed by atoms with Crippen LogP contribution in [0.1, 0.15) is 26.6 Å². The highest BCUT2D eigenvalue weighted by Gasteiger charge is 2.32. The number of benzene rings is 2. The Hall–Kier alpha value is -2.62. The normalized spacial score (nSPS) is 12.3. The Bertz CT molecular complexity index is 1230. The fraction of sp³-hybridized carbons (Fsp3) is 0.364. The van der Waals surface area contributed by atoms with E-state index >= 15 is 0 Å². The number of esters is 1. The molecule has 1 aromatic heterocycles. The number of ether oxygens (including phenoxy) is 2. The van der Waals surface area contributed by atoms with E-state index in [1.807, 2.05) is 11.5 Å². The fourth-order valence-corrected chi connectivity index (χ4v) is 4.18. The van der Waals surface area contributed by atoms with Gasteiger partial charge in [0, 0.05) is 25.7 Å². The highest BCUT2D eigenvalue weighted by molar-refractivity contribution is 7.89. The molecule has 0 aliphatic rings. The molecule has 0 fully saturated rings. The zero-order valence-electron chi connectivity index (χ0n) is 18.6. The number of hydrogen-bond acceptors (Lipinski definition) is 6. The molecule has 172 valence electrons. The van der Waals surface area contributed by atoms with Crippen LogP contribution in [0.25, 0.3) is 11.0 Å². The van der Waals surface area contributed by atoms with Gasteiger partial charge in [0.25, 0.3) is 0 Å². The maximum absolute atomic E-state index is 12.7. The van der Waals surface area contributed by atoms with Gasteiger partial charge in [0.1, 0.15) is 18.2 Å². The number of imidazole rings is 1. The first-order chi connectivity index (χ1) is 15.0. The standard InChI is InChI=1S/C22H26ClN3O5S/c1-6-26-19-12-11-17(32(28,29)25(4)5)13-18(19)24-20(26)14-30-21(27)22(2,3)31-16-9-7-15(23)8-10-16/h7-13H,6,14H2,1-5H3. The minimum Gasteiger partial charge on any atom is -0.476 e. The lowest BCUT2D eigenvalue weighted by molar-refractivity contribution is -0.161. The fourth-order valence-electron chi connectivity index (χ4n) is 3.14. The van der Waals surface area contributed by atoms with Crippen molar-refractivity contribution < 1.29 is 22.7 Å². The zero-order chi connectivity index (χ0) is 23.7. The molecule has 0 radical (unpaired) electrons. The van der Waals surface area contributed by atoms with E-state index in [0.29, 0.717) is 28.7 Å². The minimum absolute atomic E-state index is 0.0788. The average Bonchev–Trinajstić information content (AvgIpc) is 3.09. The minimum atomic E-state index is -3.58. The maximum atomic E-state index is 12.7. The lowest BCUT2D eigenvalue weighted by Crippen LogP contribution is -2.39. The molecule has 3 rings (SSSR count). The molecule has 1 heterocycles. The van der Waals surface area contributed by atoms with Gasteiger partial charge in [0.15, 0.2) is 5.60 Å². The van der Waals surface area contributed by atoms with Gasteiger partial charge in [-0.3, -0.25) is 0 Å². The molecule has 0 saturated heterocycles. The molecular weight excluding hydrogens is 454 g/mol. The summed E-state index contributed by atoms with van der Waals surface area (Å²) in [4.78, 5) is 17.4. The summed E-state index contributed by atoms with van der Waals surface area (Å²) in [5.74, 6) is 0.447. The van der Waals surface area contributed by atoms with Gasteiger partial charge < -0.3 is 14.0 Å². The molecule has 10 heteroatoms. The van der Waals surface area contributed by atoms with Crippen LogP contribution in [0, 0.1) is 0 Å². The van der Waals surface area contributed by atoms with Crippen LogP contribution in [0.5, 0.6) is 5.75 Å². The van der Waals surface area contributed by atoms with Crippen molar-refractivity contribution in [3.05, 3.63) is 53.3 Å². The van der Waals surface area contributed by atoms with Gasteiger partial charge in [-0.05, 0) is 63.2 Å². The SMILES string of the molecule is CCn1c(COC(=O)C(C)(C)Oc2ccc(Cl)cc2)nc2cc(S(=O)(=O)N(C)C)ccc21. The van der Waals surface area contributed by atoms with E-state index in [9.17, 15) is 13.2 Å². The van der Waals surface area contributed by atoms with Crippen molar-refractivity contribution in [2.24, 2.45) is 0 Å². The van der Waals surface area contributed by atoms with Crippen LogP contribution in [0.4, 0.5) is 0 Å². The van der Waals surface area contributed by atoms with Crippen LogP contribution in [-0.2, 0) is 32.7 Å². The lowest BCUT2D eigenvalue weighted by Gasteiger charge is -2.24. The van der Waals surface area contributed by atoms with Crippen LogP contribution in [0.3, 0.4) is 0 Å². The van der Waals surface area contributed by atoms with Gasteiger partial charge in [-0.15, -0.1) is 0 Å². The molecule has 0 N–H and O–H groups in total. The molecule has 0 amide bonds. The molecule has 0 spiro atoms. The molecule has 0 aliphatic carbocycles. The second-order valence-electron chi connectivity index (χ2n) is 7.85. The lowest BCUT2D eigenvalue weighted by atomic mass is 10.1. The van der Waals surface area contributed by atoms with E-state index in [0.717, 1.165) is 9.82 Å². The molecule has 32 heavy (non-hydrogen) atoms. The highest BCUT2D eigenvalue weighted by atomic mass is 35.5. The van der Waals surface area contributed by atoms with Crippen LogP contribution in [0.2, 0.25) is 5.02 Å². The number of aromatic nitrogens is 2. The first kappa shape index (κ1) is 24.0. The number of sulfonamides is 1. The van der Waals surface area contributed by atoms with Gasteiger partial charge in [-0.2, -0.15) is 0 Å². The molecule has 3 aromatic rings. The van der Waals surface area contributed by atoms with Gasteiger partial charge in [-0.1, -0.05) is 11.6 Å². The number of nitrogens with zero attached hydrogens (tertiary/aromatic N) is 3. The van der Waals surface area contributed by atoms with Crippen molar-refractivity contribution in [1.29, 1.82) is 0 Å². The van der Waals surface area contributed by atoms with Crippen LogP contribution in [-0.4, -0.2) is 47.9 Å². The van der Waals surface area contributed by atoms with E-state index < -0.39 is 21.6 Å². The largest absolute Gasteiger partial charge is 0.476 e. The molecule has 0 aliphatic heterocycles. The third-order valence-corrected chi connectivity index (χ3v) is 6.97. The summed E-state index contributed by atoms with van der Waals surface area (Å²) >= 11 is 5.88. The van der Waals surface area contributed by atoms with Crippen molar-refractivity contribution in [2.45, 2.75) is 44.4 Å². The predicted molar refractivity (Wildman–Crippen MR) is 122 cm³/mol. The summed E-state index contributed by atoms with van der Waals surface area (Å²) in [5, 5.41) is 0.567. The Morgan fingerprint density at radius 3 is 2.41 bits per heavy atom. The topological polar surface area (TPSA) is 90.7 Å². The quantitative estimate of drug-likeness (QED) is 0.455. The average molecular weight is 480 g/mol. The highest BCUT2D eigenvalue weighted by Crippen LogP contribution is 2.24. The van der Waals surface area contributed by atoms with Crippen molar-refractivity contribution in [3.63, 3.8) is 0 Å². The summed E-state index contributed by atoms with van der Waals surface area (Å²) in [6.45, 7) is 5.67. The van der Waals surface area contributed by atoms with Crippen molar-refractivity contribution in [1.82, 2.24) is 13.9 Å². The number of aryl methyl sites for hydroxylation is 1. The third-order valence-electron chi connectivity index (χ3n) is 4.90. The monoisotopic (exact) mass is 479 g/mol. The Balaban J connectivity index is 1.80. The summed E-state index contributed by atoms with van der Waals surface area (Å²) in [7, 11) is -0.632. The van der Waals surface area contributed by atoms with E-state index in [4.69, 9.17) is 21.1 Å². The zero-order valence-corrected chi connectivity index (χ0v) is 20.2. The number of fused-ring (bicyclic) bond motifs is 1. The van der Waals surface area contributed by atoms with Gasteiger partial charge >= 0.3 is 5.97 Å². The van der Waals surface area contributed by atoms with Crippen molar-refractivity contribution in [2.75, 3.05) is 14.1 Å². The number of carbonyl (C=O) groups is 1. The molecule has 0 saturated carbocycles. The maximum Gasteiger partial charge on any atom is 0.350 e. The van der Waals surface area contributed by atoms with E-state index in [1.165, 1.54) is 20.2 Å². The first-order valence-corrected chi connectivity index (χ1v) is 11.8. The van der Waals surface area contributed by atoms with Gasteiger partial charge in [0.2, 0.25) is 10.0 Å². The number of hydrogen-bond donors (Lipinski definition) is 0. The Morgan fingerprint density at radius 2 is 1.81 bits per heavy atom. The molecule has 2 aromatic carbocycles. The molecule has 8 nitrogen and oxygen atoms in total. The summed E-state index contributed by atoms with van der Waals surface area (Å²) in [6.07, 6.45) is 0. The van der Waals surface area contributed by atoms with E-state index in [-0.39, 0.29) is 11.5 Å². The summed E-state index contributed by atoms with van der Waals surface area (Å²) in [5.41, 5.74) is 0.0366. The van der Waals surface area contributed by atoms with Crippen LogP contribution < -0.4 is 4.74 Å². The number of rotatable bonds is 8. The molecule has 0 atom stereocenters. The van der Waals surface area contributed by atoms with Gasteiger partial charge in [0.05, 0.1) is 15.9 Å². The van der Waals surface area contributed by atoms with Crippen LogP contribution >= 0.6 is 11.6 Å². The van der Waals surface area contributed by atoms with E-state index in [1.54, 1.807) is 50.2 Å². The smallest absolute Gasteiger partial charge is 0.350 e. The van der Waals surface area contributed by atoms with Crippen molar-refractivity contribution >= 4 is 38.6 Å². The Labute approximate surface area is 192 Å². The van der Waals surface area contributed by atoms with E-state index in [2.05, 4.69) is 4.98 Å². The van der Waals surface area contributed by atoms with Crippen molar-refractivity contribution in [3.8, 4) is 5.75 Å². The number of carbonyl (C=O) groups excluding carboxylic acids is 1. The third kappa shape index (κ3) is 4.90.